The van der Waals surface area contributed by atoms with Crippen LogP contribution in [0.1, 0.15) is 30.2 Å². The number of halogens is 1. The zero-order chi connectivity index (χ0) is 20.9. The van der Waals surface area contributed by atoms with Crippen molar-refractivity contribution in [2.45, 2.75) is 25.0 Å². The molecule has 1 aromatic heterocycles. The number of benzene rings is 2. The highest BCUT2D eigenvalue weighted by Gasteiger charge is 2.38. The fraction of sp³-hybridized carbons (Fsp3) is 0.364. The van der Waals surface area contributed by atoms with E-state index in [0.29, 0.717) is 34.7 Å². The molecule has 1 atom stereocenters. The van der Waals surface area contributed by atoms with Crippen LogP contribution >= 0.6 is 7.14 Å². The van der Waals surface area contributed by atoms with Gasteiger partial charge in [0.1, 0.15) is 24.8 Å². The first-order valence-electron chi connectivity index (χ1n) is 10.2. The summed E-state index contributed by atoms with van der Waals surface area (Å²) in [4.78, 5) is 14.4. The van der Waals surface area contributed by atoms with Crippen molar-refractivity contribution in [3.63, 3.8) is 0 Å². The van der Waals surface area contributed by atoms with Gasteiger partial charge in [0.05, 0.1) is 5.39 Å². The molecular formula is C22H23FN3O3P. The number of rotatable bonds is 4. The summed E-state index contributed by atoms with van der Waals surface area (Å²) in [6, 6.07) is 11.8. The van der Waals surface area contributed by atoms with Crippen LogP contribution in [0.2, 0.25) is 0 Å². The van der Waals surface area contributed by atoms with Crippen molar-refractivity contribution < 1.29 is 14.1 Å². The maximum absolute atomic E-state index is 14.7. The number of aromatic amines is 1. The van der Waals surface area contributed by atoms with Gasteiger partial charge in [-0.3, -0.25) is 9.69 Å². The lowest BCUT2D eigenvalue weighted by molar-refractivity contribution is 0.216. The molecule has 1 aliphatic heterocycles. The third-order valence-electron chi connectivity index (χ3n) is 6.27. The number of aliphatic hydroxyl groups excluding tert-OH is 1. The fourth-order valence-corrected chi connectivity index (χ4v) is 7.08. The summed E-state index contributed by atoms with van der Waals surface area (Å²) >= 11 is 0. The van der Waals surface area contributed by atoms with Crippen LogP contribution in [0.3, 0.4) is 0 Å². The number of nitrogens with one attached hydrogen (secondary N) is 1. The smallest absolute Gasteiger partial charge is 0.272 e. The highest BCUT2D eigenvalue weighted by atomic mass is 31.2. The maximum Gasteiger partial charge on any atom is 0.272 e. The monoisotopic (exact) mass is 427 g/mol. The first-order valence-corrected chi connectivity index (χ1v) is 12.3. The molecule has 2 aliphatic rings. The van der Waals surface area contributed by atoms with E-state index in [9.17, 15) is 18.9 Å². The quantitative estimate of drug-likeness (QED) is 0.626. The van der Waals surface area contributed by atoms with Crippen LogP contribution in [0, 0.1) is 5.82 Å². The van der Waals surface area contributed by atoms with Gasteiger partial charge in [-0.2, -0.15) is 5.10 Å². The van der Waals surface area contributed by atoms with E-state index in [1.165, 1.54) is 31.0 Å². The Morgan fingerprint density at radius 3 is 2.53 bits per heavy atom. The van der Waals surface area contributed by atoms with Crippen molar-refractivity contribution in [1.82, 2.24) is 15.1 Å². The summed E-state index contributed by atoms with van der Waals surface area (Å²) in [6.07, 6.45) is 2.13. The lowest BCUT2D eigenvalue weighted by Crippen LogP contribution is -2.39. The minimum absolute atomic E-state index is 0.211. The largest absolute Gasteiger partial charge is 0.382 e. The molecule has 3 aromatic rings. The molecule has 2 N–H and O–H groups in total. The molecule has 5 rings (SSSR count). The molecular weight excluding hydrogens is 404 g/mol. The number of fused-ring (bicyclic) bond motifs is 1. The molecule has 30 heavy (non-hydrogen) atoms. The second-order valence-electron chi connectivity index (χ2n) is 8.20. The Labute approximate surface area is 173 Å². The molecule has 2 aromatic carbocycles. The van der Waals surface area contributed by atoms with E-state index in [2.05, 4.69) is 15.1 Å². The van der Waals surface area contributed by atoms with Gasteiger partial charge in [0.15, 0.2) is 0 Å². The molecule has 0 spiro atoms. The number of hydrogen-bond acceptors (Lipinski definition) is 5. The fourth-order valence-electron chi connectivity index (χ4n) is 4.36. The highest BCUT2D eigenvalue weighted by Crippen LogP contribution is 2.48. The van der Waals surface area contributed by atoms with Gasteiger partial charge in [0, 0.05) is 42.1 Å². The van der Waals surface area contributed by atoms with E-state index >= 15 is 0 Å². The minimum Gasteiger partial charge on any atom is -0.382 e. The third kappa shape index (κ3) is 3.41. The summed E-state index contributed by atoms with van der Waals surface area (Å²) < 4.78 is 28.3. The van der Waals surface area contributed by atoms with Crippen LogP contribution < -0.4 is 10.9 Å². The van der Waals surface area contributed by atoms with Crippen molar-refractivity contribution in [3.8, 4) is 0 Å². The van der Waals surface area contributed by atoms with Crippen molar-refractivity contribution in [2.75, 3.05) is 25.4 Å². The number of hydrogen-bond donors (Lipinski definition) is 2. The summed E-state index contributed by atoms with van der Waals surface area (Å²) in [5.41, 5.74) is 0.355. The van der Waals surface area contributed by atoms with Gasteiger partial charge >= 0.3 is 0 Å². The van der Waals surface area contributed by atoms with E-state index in [0.717, 1.165) is 13.1 Å². The van der Waals surface area contributed by atoms with Gasteiger partial charge in [0.25, 0.3) is 5.56 Å². The molecule has 0 radical (unpaired) electrons. The Bertz CT molecular complexity index is 1210. The van der Waals surface area contributed by atoms with E-state index < -0.39 is 19.1 Å². The molecule has 8 heteroatoms. The molecule has 6 nitrogen and oxygen atoms in total. The zero-order valence-electron chi connectivity index (χ0n) is 16.4. The second-order valence-corrected chi connectivity index (χ2v) is 11.4. The number of aromatic nitrogens is 2. The van der Waals surface area contributed by atoms with Gasteiger partial charge in [-0.15, -0.1) is 0 Å². The van der Waals surface area contributed by atoms with E-state index in [1.54, 1.807) is 24.3 Å². The van der Waals surface area contributed by atoms with Gasteiger partial charge < -0.3 is 9.67 Å². The number of nitrogens with zero attached hydrogens (tertiary/aromatic N) is 2. The summed E-state index contributed by atoms with van der Waals surface area (Å²) in [5, 5.41) is 18.6. The summed E-state index contributed by atoms with van der Waals surface area (Å²) in [5.74, 6) is -0.492. The van der Waals surface area contributed by atoms with E-state index in [1.807, 2.05) is 0 Å². The zero-order valence-corrected chi connectivity index (χ0v) is 17.3. The third-order valence-corrected chi connectivity index (χ3v) is 9.34. The average molecular weight is 427 g/mol. The molecule has 1 unspecified atom stereocenters. The molecule has 0 amide bonds. The van der Waals surface area contributed by atoms with Crippen LogP contribution in [-0.2, 0) is 4.57 Å². The van der Waals surface area contributed by atoms with Gasteiger partial charge in [-0.1, -0.05) is 24.3 Å². The van der Waals surface area contributed by atoms with E-state index in [4.69, 9.17) is 0 Å². The van der Waals surface area contributed by atoms with Crippen molar-refractivity contribution in [2.24, 2.45) is 0 Å². The van der Waals surface area contributed by atoms with Crippen molar-refractivity contribution in [3.05, 3.63) is 69.9 Å². The molecule has 1 saturated heterocycles. The first-order chi connectivity index (χ1) is 14.5. The van der Waals surface area contributed by atoms with Gasteiger partial charge in [-0.05, 0) is 36.6 Å². The van der Waals surface area contributed by atoms with Crippen LogP contribution in [0.5, 0.6) is 0 Å². The molecule has 2 fully saturated rings. The van der Waals surface area contributed by atoms with Crippen molar-refractivity contribution >= 4 is 23.2 Å². The molecule has 156 valence electrons. The Kier molecular flexibility index (Phi) is 4.85. The highest BCUT2D eigenvalue weighted by molar-refractivity contribution is 7.71. The minimum atomic E-state index is -2.87. The summed E-state index contributed by atoms with van der Waals surface area (Å²) in [6.45, 7) is 1.45. The average Bonchev–Trinajstić information content (AvgIpc) is 3.60. The lowest BCUT2D eigenvalue weighted by Gasteiger charge is -2.32. The number of H-pyrrole nitrogens is 1. The van der Waals surface area contributed by atoms with Gasteiger partial charge in [0.2, 0.25) is 0 Å². The number of aliphatic hydroxyl groups is 1. The van der Waals surface area contributed by atoms with Crippen LogP contribution in [0.4, 0.5) is 4.39 Å². The SMILES string of the molecule is O=c1[nH]nc(C(O)c2ccc(F)c(P3(=O)CCN(C4CC4)CC3)c2)c2ccccc12. The standard InChI is InChI=1S/C22H23FN3O3P/c23-18-8-5-14(13-19(18)30(29)11-9-26(10-12-30)15-6-7-15)21(27)20-16-3-1-2-4-17(16)22(28)25-24-20/h1-5,8,13,15,21,27H,6-7,9-12H2,(H,25,28). The first kappa shape index (κ1) is 19.6. The predicted molar refractivity (Wildman–Crippen MR) is 114 cm³/mol. The Morgan fingerprint density at radius 2 is 1.83 bits per heavy atom. The predicted octanol–water partition coefficient (Wildman–Crippen LogP) is 2.61. The Hall–Kier alpha value is -2.34. The van der Waals surface area contributed by atoms with Crippen molar-refractivity contribution in [1.29, 1.82) is 0 Å². The van der Waals surface area contributed by atoms with Gasteiger partial charge in [-0.25, -0.2) is 9.49 Å². The maximum atomic E-state index is 14.7. The van der Waals surface area contributed by atoms with Crippen LogP contribution in [0.25, 0.3) is 10.8 Å². The Morgan fingerprint density at radius 1 is 1.13 bits per heavy atom. The van der Waals surface area contributed by atoms with Crippen LogP contribution in [-0.4, -0.2) is 51.7 Å². The normalized spacial score (nSPS) is 20.3. The molecule has 1 aliphatic carbocycles. The summed E-state index contributed by atoms with van der Waals surface area (Å²) in [7, 11) is -2.87. The van der Waals surface area contributed by atoms with E-state index in [-0.39, 0.29) is 16.6 Å². The second kappa shape index (κ2) is 7.41. The Balaban J connectivity index is 1.50. The van der Waals surface area contributed by atoms with Crippen LogP contribution in [0.15, 0.2) is 47.3 Å². The lowest BCUT2D eigenvalue weighted by atomic mass is 10.0. The molecule has 1 saturated carbocycles. The molecule has 2 heterocycles. The topological polar surface area (TPSA) is 86.3 Å². The molecule has 0 bridgehead atoms.